The number of hydrogen-bond acceptors (Lipinski definition) is 6. The van der Waals surface area contributed by atoms with Crippen molar-refractivity contribution < 1.29 is 9.59 Å². The van der Waals surface area contributed by atoms with Gasteiger partial charge in [-0.2, -0.15) is 5.10 Å². The van der Waals surface area contributed by atoms with Crippen LogP contribution in [0, 0.1) is 0 Å². The summed E-state index contributed by atoms with van der Waals surface area (Å²) in [7, 11) is 1.58. The van der Waals surface area contributed by atoms with Gasteiger partial charge in [-0.1, -0.05) is 32.1 Å². The number of likely N-dealkylation sites (tertiary alicyclic amines) is 1. The summed E-state index contributed by atoms with van der Waals surface area (Å²) in [4.78, 5) is 26.1. The molecule has 2 N–H and O–H groups in total. The number of carbonyl (C=O) groups is 2. The van der Waals surface area contributed by atoms with Crippen molar-refractivity contribution >= 4 is 28.4 Å². The van der Waals surface area contributed by atoms with Crippen LogP contribution in [0.25, 0.3) is 0 Å². The largest absolute Gasteiger partial charge is 0.354 e. The van der Waals surface area contributed by atoms with Gasteiger partial charge in [-0.3, -0.25) is 14.8 Å². The van der Waals surface area contributed by atoms with Gasteiger partial charge in [0.25, 0.3) is 5.91 Å². The Hall–Kier alpha value is -2.49. The summed E-state index contributed by atoms with van der Waals surface area (Å²) in [5.41, 5.74) is 0.280. The summed E-state index contributed by atoms with van der Waals surface area (Å²) in [6, 6.07) is 1.55. The van der Waals surface area contributed by atoms with Crippen molar-refractivity contribution in [2.45, 2.75) is 45.1 Å². The lowest BCUT2D eigenvalue weighted by atomic mass is 9.98. The van der Waals surface area contributed by atoms with Crippen molar-refractivity contribution in [3.63, 3.8) is 0 Å². The van der Waals surface area contributed by atoms with Crippen LogP contribution in [0.15, 0.2) is 12.3 Å². The average Bonchev–Trinajstić information content (AvgIpc) is 3.30. The van der Waals surface area contributed by atoms with Crippen LogP contribution in [0.4, 0.5) is 9.93 Å². The quantitative estimate of drug-likeness (QED) is 0.835. The SMILES string of the molecule is CNC(=O)c1ccn(C2CCCN(C(=O)Nc3nnc(C(C)(C)C)s3)C2)n1. The highest BCUT2D eigenvalue weighted by atomic mass is 32.1. The molecule has 3 heterocycles. The summed E-state index contributed by atoms with van der Waals surface area (Å²) in [6.45, 7) is 7.39. The average molecular weight is 392 g/mol. The van der Waals surface area contributed by atoms with Crippen molar-refractivity contribution in [2.75, 3.05) is 25.5 Å². The molecule has 2 aromatic rings. The molecule has 3 rings (SSSR count). The van der Waals surface area contributed by atoms with Crippen LogP contribution < -0.4 is 10.6 Å². The molecule has 3 amide bonds. The molecule has 1 aliphatic rings. The Kier molecular flexibility index (Phi) is 5.45. The molecular weight excluding hydrogens is 366 g/mol. The Labute approximate surface area is 162 Å². The Morgan fingerprint density at radius 3 is 2.74 bits per heavy atom. The molecule has 1 atom stereocenters. The van der Waals surface area contributed by atoms with E-state index in [9.17, 15) is 9.59 Å². The maximum atomic E-state index is 12.6. The van der Waals surface area contributed by atoms with E-state index in [0.29, 0.717) is 23.9 Å². The van der Waals surface area contributed by atoms with Crippen molar-refractivity contribution in [2.24, 2.45) is 0 Å². The van der Waals surface area contributed by atoms with Crippen LogP contribution in [0.2, 0.25) is 0 Å². The molecule has 0 spiro atoms. The van der Waals surface area contributed by atoms with Gasteiger partial charge in [0.15, 0.2) is 0 Å². The van der Waals surface area contributed by atoms with Gasteiger partial charge in [-0.05, 0) is 18.9 Å². The van der Waals surface area contributed by atoms with Crippen molar-refractivity contribution in [3.8, 4) is 0 Å². The minimum Gasteiger partial charge on any atom is -0.354 e. The number of anilines is 1. The molecule has 1 aliphatic heterocycles. The second-order valence-corrected chi connectivity index (χ2v) is 8.57. The monoisotopic (exact) mass is 391 g/mol. The number of nitrogens with zero attached hydrogens (tertiary/aromatic N) is 5. The first-order chi connectivity index (χ1) is 12.8. The van der Waals surface area contributed by atoms with Gasteiger partial charge in [-0.15, -0.1) is 10.2 Å². The van der Waals surface area contributed by atoms with Gasteiger partial charge in [0.1, 0.15) is 10.7 Å². The lowest BCUT2D eigenvalue weighted by Gasteiger charge is -2.32. The van der Waals surface area contributed by atoms with Gasteiger partial charge in [-0.25, -0.2) is 4.79 Å². The molecule has 146 valence electrons. The zero-order chi connectivity index (χ0) is 19.6. The second-order valence-electron chi connectivity index (χ2n) is 7.59. The van der Waals surface area contributed by atoms with Crippen LogP contribution in [-0.4, -0.2) is 57.0 Å². The Balaban J connectivity index is 1.63. The van der Waals surface area contributed by atoms with Crippen molar-refractivity contribution in [1.29, 1.82) is 0 Å². The second kappa shape index (κ2) is 7.63. The van der Waals surface area contributed by atoms with Gasteiger partial charge >= 0.3 is 6.03 Å². The number of aromatic nitrogens is 4. The number of urea groups is 1. The van der Waals surface area contributed by atoms with Crippen LogP contribution >= 0.6 is 11.3 Å². The zero-order valence-electron chi connectivity index (χ0n) is 16.0. The minimum atomic E-state index is -0.218. The molecule has 0 bridgehead atoms. The van der Waals surface area contributed by atoms with Gasteiger partial charge in [0.2, 0.25) is 5.13 Å². The molecule has 1 fully saturated rings. The van der Waals surface area contributed by atoms with E-state index in [1.54, 1.807) is 28.9 Å². The Bertz CT molecular complexity index is 823. The zero-order valence-corrected chi connectivity index (χ0v) is 16.8. The molecule has 27 heavy (non-hydrogen) atoms. The van der Waals surface area contributed by atoms with Crippen LogP contribution in [0.5, 0.6) is 0 Å². The van der Waals surface area contributed by atoms with Gasteiger partial charge in [0.05, 0.1) is 6.04 Å². The molecule has 9 nitrogen and oxygen atoms in total. The number of hydrogen-bond donors (Lipinski definition) is 2. The number of piperidine rings is 1. The predicted molar refractivity (Wildman–Crippen MR) is 103 cm³/mol. The highest BCUT2D eigenvalue weighted by molar-refractivity contribution is 7.15. The first kappa shape index (κ1) is 19.3. The van der Waals surface area contributed by atoms with E-state index in [4.69, 9.17) is 0 Å². The van der Waals surface area contributed by atoms with Crippen LogP contribution in [0.3, 0.4) is 0 Å². The molecule has 2 aromatic heterocycles. The van der Waals surface area contributed by atoms with Crippen LogP contribution in [-0.2, 0) is 5.41 Å². The van der Waals surface area contributed by atoms with Crippen molar-refractivity contribution in [3.05, 3.63) is 23.0 Å². The summed E-state index contributed by atoms with van der Waals surface area (Å²) in [6.07, 6.45) is 3.57. The lowest BCUT2D eigenvalue weighted by molar-refractivity contribution is 0.0956. The number of rotatable bonds is 3. The molecule has 0 saturated carbocycles. The third-order valence-corrected chi connectivity index (χ3v) is 5.67. The molecule has 0 aromatic carbocycles. The molecule has 1 saturated heterocycles. The molecule has 1 unspecified atom stereocenters. The summed E-state index contributed by atoms with van der Waals surface area (Å²) in [5, 5.41) is 19.4. The highest BCUT2D eigenvalue weighted by Gasteiger charge is 2.27. The van der Waals surface area contributed by atoms with E-state index < -0.39 is 0 Å². The number of carbonyl (C=O) groups excluding carboxylic acids is 2. The van der Waals surface area contributed by atoms with E-state index in [0.717, 1.165) is 17.8 Å². The fraction of sp³-hybridized carbons (Fsp3) is 0.588. The smallest absolute Gasteiger partial charge is 0.323 e. The predicted octanol–water partition coefficient (Wildman–Crippen LogP) is 2.26. The third kappa shape index (κ3) is 4.44. The maximum Gasteiger partial charge on any atom is 0.323 e. The van der Waals surface area contributed by atoms with E-state index >= 15 is 0 Å². The molecule has 0 radical (unpaired) electrons. The summed E-state index contributed by atoms with van der Waals surface area (Å²) >= 11 is 1.40. The molecular formula is C17H25N7O2S. The summed E-state index contributed by atoms with van der Waals surface area (Å²) < 4.78 is 1.77. The molecule has 10 heteroatoms. The fourth-order valence-corrected chi connectivity index (χ4v) is 3.68. The van der Waals surface area contributed by atoms with Crippen LogP contribution in [0.1, 0.15) is 55.2 Å². The van der Waals surface area contributed by atoms with Gasteiger partial charge in [0, 0.05) is 31.7 Å². The van der Waals surface area contributed by atoms with E-state index in [-0.39, 0.29) is 23.4 Å². The van der Waals surface area contributed by atoms with E-state index in [1.165, 1.54) is 11.3 Å². The van der Waals surface area contributed by atoms with Crippen molar-refractivity contribution in [1.82, 2.24) is 30.2 Å². The Morgan fingerprint density at radius 1 is 1.30 bits per heavy atom. The number of nitrogens with one attached hydrogen (secondary N) is 2. The summed E-state index contributed by atoms with van der Waals surface area (Å²) in [5.74, 6) is -0.218. The highest BCUT2D eigenvalue weighted by Crippen LogP contribution is 2.28. The lowest BCUT2D eigenvalue weighted by Crippen LogP contribution is -2.43. The molecule has 0 aliphatic carbocycles. The van der Waals surface area contributed by atoms with Gasteiger partial charge < -0.3 is 10.2 Å². The maximum absolute atomic E-state index is 12.6. The van der Waals surface area contributed by atoms with E-state index in [2.05, 4.69) is 46.7 Å². The standard InChI is InChI=1S/C17H25N7O2S/c1-17(2,3)14-20-21-15(27-14)19-16(26)23-8-5-6-11(10-23)24-9-7-12(22-24)13(25)18-4/h7,9,11H,5-6,8,10H2,1-4H3,(H,18,25)(H,19,21,26). The first-order valence-corrected chi connectivity index (χ1v) is 9.76. The number of amides is 3. The fourth-order valence-electron chi connectivity index (χ4n) is 2.89. The third-order valence-electron chi connectivity index (χ3n) is 4.41. The topological polar surface area (TPSA) is 105 Å². The Morgan fingerprint density at radius 2 is 2.07 bits per heavy atom. The van der Waals surface area contributed by atoms with E-state index in [1.807, 2.05) is 0 Å². The first-order valence-electron chi connectivity index (χ1n) is 8.95. The minimum absolute atomic E-state index is 0.0439. The normalized spacial score (nSPS) is 17.6.